The molecule has 0 amide bonds. The quantitative estimate of drug-likeness (QED) is 0.488. The highest BCUT2D eigenvalue weighted by Crippen LogP contribution is 1.80. The summed E-state index contributed by atoms with van der Waals surface area (Å²) in [7, 11) is 0. The van der Waals surface area contributed by atoms with Crippen LogP contribution in [0.3, 0.4) is 0 Å². The van der Waals surface area contributed by atoms with Crippen molar-refractivity contribution < 1.29 is 0 Å². The van der Waals surface area contributed by atoms with Gasteiger partial charge in [0.25, 0.3) is 0 Å². The normalized spacial score (nSPS) is 11.8. The Morgan fingerprint density at radius 1 is 0.361 bits per heavy atom. The van der Waals surface area contributed by atoms with Crippen LogP contribution in [0.5, 0.6) is 0 Å². The van der Waals surface area contributed by atoms with E-state index in [0.29, 0.717) is 0 Å². The zero-order valence-corrected chi connectivity index (χ0v) is 21.0. The van der Waals surface area contributed by atoms with Gasteiger partial charge in [0.15, 0.2) is 0 Å². The minimum Gasteiger partial charge on any atom is -0.243 e. The molecule has 0 fully saturated rings. The summed E-state index contributed by atoms with van der Waals surface area (Å²) in [5.41, 5.74) is -0.816. The smallest absolute Gasteiger partial charge is 0.243 e. The molecule has 0 saturated carbocycles. The van der Waals surface area contributed by atoms with Crippen molar-refractivity contribution in [2.45, 2.75) is 41.5 Å². The minimum atomic E-state index is -0.272. The van der Waals surface area contributed by atoms with Crippen molar-refractivity contribution in [3.05, 3.63) is 67.9 Å². The Morgan fingerprint density at radius 2 is 0.500 bits per heavy atom. The first-order valence-electron chi connectivity index (χ1n) is 10.8. The van der Waals surface area contributed by atoms with Crippen molar-refractivity contribution in [3.63, 3.8) is 0 Å². The summed E-state index contributed by atoms with van der Waals surface area (Å²) >= 11 is 0. The number of rotatable bonds is 6. The van der Waals surface area contributed by atoms with Crippen LogP contribution in [0, 0.1) is 0 Å². The molecule has 0 radical (unpaired) electrons. The number of nitrogens with zero attached hydrogens (tertiary/aromatic N) is 12. The first kappa shape index (κ1) is 29.1. The number of aromatic nitrogens is 12. The van der Waals surface area contributed by atoms with E-state index in [-0.39, 0.29) is 17.1 Å². The third-order valence-electron chi connectivity index (χ3n) is 3.62. The van der Waals surface area contributed by atoms with Crippen molar-refractivity contribution >= 4 is 37.2 Å². The maximum absolute atomic E-state index is 11.2. The van der Waals surface area contributed by atoms with Crippen LogP contribution in [0.15, 0.2) is 50.8 Å². The average molecular weight is 499 g/mol. The topological polar surface area (TPSA) is 158 Å². The van der Waals surface area contributed by atoms with Crippen LogP contribution >= 0.6 is 0 Å². The van der Waals surface area contributed by atoms with E-state index in [2.05, 4.69) is 31.3 Å². The Morgan fingerprint density at radius 3 is 0.611 bits per heavy atom. The molecule has 0 aliphatic rings. The maximum Gasteiger partial charge on any atom is 0.372 e. The molecule has 3 rings (SSSR count). The van der Waals surface area contributed by atoms with Crippen LogP contribution in [-0.2, 0) is 0 Å². The molecule has 3 aromatic heterocycles. The molecule has 15 nitrogen and oxygen atoms in total. The number of tetrazole rings is 3. The van der Waals surface area contributed by atoms with Crippen LogP contribution in [0.1, 0.15) is 41.5 Å². The van der Waals surface area contributed by atoms with E-state index < -0.39 is 0 Å². The van der Waals surface area contributed by atoms with E-state index in [0.717, 1.165) is 0 Å². The number of allylic oxidation sites excluding steroid dienone is 6. The molecule has 3 heterocycles. The summed E-state index contributed by atoms with van der Waals surface area (Å²) in [5, 5.41) is 21.6. The van der Waals surface area contributed by atoms with Crippen molar-refractivity contribution in [3.8, 4) is 0 Å². The second-order valence-electron chi connectivity index (χ2n) is 6.35. The van der Waals surface area contributed by atoms with Gasteiger partial charge >= 0.3 is 17.1 Å². The Kier molecular flexibility index (Phi) is 12.8. The van der Waals surface area contributed by atoms with Crippen molar-refractivity contribution in [1.29, 1.82) is 0 Å². The molecular weight excluding hydrogens is 468 g/mol. The molecule has 15 heteroatoms. The van der Waals surface area contributed by atoms with Crippen molar-refractivity contribution in [2.75, 3.05) is 0 Å². The Labute approximate surface area is 206 Å². The lowest BCUT2D eigenvalue weighted by Crippen LogP contribution is -2.18. The molecule has 3 aromatic rings. The summed E-state index contributed by atoms with van der Waals surface area (Å²) in [5.74, 6) is 0. The lowest BCUT2D eigenvalue weighted by Gasteiger charge is -1.83. The molecule has 0 aliphatic carbocycles. The van der Waals surface area contributed by atoms with Crippen LogP contribution < -0.4 is 17.1 Å². The van der Waals surface area contributed by atoms with Gasteiger partial charge in [0.05, 0.1) is 0 Å². The molecule has 0 atom stereocenters. The van der Waals surface area contributed by atoms with Crippen molar-refractivity contribution in [1.82, 2.24) is 59.4 Å². The SMILES string of the molecule is C/C=C/n1nnn(/C=C/C)c1=O.C/C=C\n1nnn(/C=C/C)c1=O.C/C=C\n1nnn(/C=C\C)c1=O. The highest BCUT2D eigenvalue weighted by molar-refractivity contribution is 5.22. The molecule has 0 N–H and O–H groups in total. The van der Waals surface area contributed by atoms with Gasteiger partial charge in [-0.1, -0.05) is 36.5 Å². The molecule has 0 aliphatic heterocycles. The molecule has 0 aromatic carbocycles. The van der Waals surface area contributed by atoms with Crippen LogP contribution in [0.4, 0.5) is 0 Å². The lowest BCUT2D eigenvalue weighted by atomic mass is 10.7. The van der Waals surface area contributed by atoms with E-state index in [1.807, 2.05) is 0 Å². The monoisotopic (exact) mass is 498 g/mol. The molecule has 192 valence electrons. The van der Waals surface area contributed by atoms with Gasteiger partial charge in [-0.15, -0.1) is 0 Å². The molecule has 0 saturated heterocycles. The minimum absolute atomic E-state index is 0.272. The van der Waals surface area contributed by atoms with E-state index in [4.69, 9.17) is 0 Å². The van der Waals surface area contributed by atoms with E-state index in [1.54, 1.807) is 115 Å². The summed E-state index contributed by atoms with van der Waals surface area (Å²) < 4.78 is 7.00. The van der Waals surface area contributed by atoms with E-state index in [9.17, 15) is 14.4 Å². The fourth-order valence-electron chi connectivity index (χ4n) is 2.21. The Balaban J connectivity index is 0.000000270. The zero-order chi connectivity index (χ0) is 26.9. The summed E-state index contributed by atoms with van der Waals surface area (Å²) in [6.45, 7) is 10.8. The molecule has 36 heavy (non-hydrogen) atoms. The Hall–Kier alpha value is -4.95. The van der Waals surface area contributed by atoms with Gasteiger partial charge in [0.1, 0.15) is 0 Å². The predicted octanol–water partition coefficient (Wildman–Crippen LogP) is 1.26. The van der Waals surface area contributed by atoms with Gasteiger partial charge in [-0.3, -0.25) is 0 Å². The fourth-order valence-corrected chi connectivity index (χ4v) is 2.21. The third kappa shape index (κ3) is 8.44. The maximum atomic E-state index is 11.2. The molecule has 0 unspecified atom stereocenters. The Bertz CT molecular complexity index is 1150. The highest BCUT2D eigenvalue weighted by Gasteiger charge is 2.00. The van der Waals surface area contributed by atoms with Gasteiger partial charge in [-0.2, -0.15) is 28.1 Å². The van der Waals surface area contributed by atoms with Gasteiger partial charge in [-0.05, 0) is 72.8 Å². The standard InChI is InChI=1S/3C7H10N4O/c3*1-3-5-10-7(12)11(6-4-2)9-8-10/h3*3-6H,1-2H3/b5-3+,6-4+;5-3-,6-4+;5-3-,6-4-. The summed E-state index contributed by atoms with van der Waals surface area (Å²) in [6.07, 6.45) is 19.6. The first-order chi connectivity index (χ1) is 17.4. The summed E-state index contributed by atoms with van der Waals surface area (Å²) in [6, 6.07) is 0. The van der Waals surface area contributed by atoms with Crippen molar-refractivity contribution in [2.24, 2.45) is 0 Å². The highest BCUT2D eigenvalue weighted by atomic mass is 16.2. The number of hydrogen-bond acceptors (Lipinski definition) is 9. The van der Waals surface area contributed by atoms with Gasteiger partial charge in [0, 0.05) is 37.2 Å². The van der Waals surface area contributed by atoms with E-state index in [1.165, 1.54) is 28.1 Å². The molecule has 0 bridgehead atoms. The average Bonchev–Trinajstić information content (AvgIpc) is 3.51. The predicted molar refractivity (Wildman–Crippen MR) is 139 cm³/mol. The van der Waals surface area contributed by atoms with Gasteiger partial charge < -0.3 is 0 Å². The second kappa shape index (κ2) is 15.8. The first-order valence-corrected chi connectivity index (χ1v) is 10.8. The largest absolute Gasteiger partial charge is 0.372 e. The third-order valence-corrected chi connectivity index (χ3v) is 3.62. The van der Waals surface area contributed by atoms with Crippen LogP contribution in [0.2, 0.25) is 0 Å². The van der Waals surface area contributed by atoms with E-state index >= 15 is 0 Å². The zero-order valence-electron chi connectivity index (χ0n) is 21.0. The van der Waals surface area contributed by atoms with Crippen LogP contribution in [-0.4, -0.2) is 59.4 Å². The molecular formula is C21H30N12O3. The van der Waals surface area contributed by atoms with Gasteiger partial charge in [0.2, 0.25) is 0 Å². The van der Waals surface area contributed by atoms with Crippen LogP contribution in [0.25, 0.3) is 37.2 Å². The fraction of sp³-hybridized carbons (Fsp3) is 0.286. The molecule has 0 spiro atoms. The summed E-state index contributed by atoms with van der Waals surface area (Å²) in [4.78, 5) is 33.7. The lowest BCUT2D eigenvalue weighted by molar-refractivity contribution is 0.787. The van der Waals surface area contributed by atoms with Gasteiger partial charge in [-0.25, -0.2) is 14.4 Å². The second-order valence-corrected chi connectivity index (χ2v) is 6.35. The number of hydrogen-bond donors (Lipinski definition) is 0.